The molecule has 0 aliphatic carbocycles. The normalized spacial score (nSPS) is 16.9. The van der Waals surface area contributed by atoms with Crippen molar-refractivity contribution in [2.75, 3.05) is 25.1 Å². The van der Waals surface area contributed by atoms with Gasteiger partial charge in [0, 0.05) is 25.8 Å². The second-order valence-electron chi connectivity index (χ2n) is 8.36. The lowest BCUT2D eigenvalue weighted by Crippen LogP contribution is -2.39. The number of likely N-dealkylation sites (tertiary alicyclic amines) is 1. The first kappa shape index (κ1) is 20.0. The van der Waals surface area contributed by atoms with E-state index in [1.807, 2.05) is 4.90 Å². The number of rotatable bonds is 5. The van der Waals surface area contributed by atoms with Gasteiger partial charge in [-0.3, -0.25) is 4.79 Å². The third-order valence-corrected chi connectivity index (χ3v) is 5.94. The molecule has 0 atom stereocenters. The number of carbonyl (C=O) groups excluding carboxylic acids is 1. The lowest BCUT2D eigenvalue weighted by Gasteiger charge is -2.32. The van der Waals surface area contributed by atoms with Gasteiger partial charge < -0.3 is 4.90 Å². The van der Waals surface area contributed by atoms with Crippen LogP contribution in [0.5, 0.6) is 0 Å². The third kappa shape index (κ3) is 6.46. The van der Waals surface area contributed by atoms with Crippen LogP contribution in [0.15, 0.2) is 24.3 Å². The molecule has 2 rings (SSSR count). The van der Waals surface area contributed by atoms with Crippen LogP contribution in [0.25, 0.3) is 0 Å². The SMILES string of the molecule is CC(C)(C)c1ccc(CC2CCN(C(=O)CCS(C)(=O)=O)CC2)cc1. The molecule has 1 fully saturated rings. The molecule has 1 aromatic rings. The van der Waals surface area contributed by atoms with Crippen LogP contribution < -0.4 is 0 Å². The lowest BCUT2D eigenvalue weighted by atomic mass is 9.85. The third-order valence-electron chi connectivity index (χ3n) is 5.00. The van der Waals surface area contributed by atoms with E-state index in [4.69, 9.17) is 0 Å². The topological polar surface area (TPSA) is 54.5 Å². The Morgan fingerprint density at radius 1 is 1.12 bits per heavy atom. The number of nitrogens with zero attached hydrogens (tertiary/aromatic N) is 1. The number of carbonyl (C=O) groups is 1. The van der Waals surface area contributed by atoms with E-state index >= 15 is 0 Å². The van der Waals surface area contributed by atoms with E-state index in [0.29, 0.717) is 5.92 Å². The van der Waals surface area contributed by atoms with Gasteiger partial charge in [0.15, 0.2) is 0 Å². The summed E-state index contributed by atoms with van der Waals surface area (Å²) < 4.78 is 22.4. The van der Waals surface area contributed by atoms with Crippen molar-refractivity contribution in [3.05, 3.63) is 35.4 Å². The number of sulfone groups is 1. The molecule has 0 saturated carbocycles. The molecule has 140 valence electrons. The summed E-state index contributed by atoms with van der Waals surface area (Å²) in [5.74, 6) is 0.518. The maximum Gasteiger partial charge on any atom is 0.223 e. The van der Waals surface area contributed by atoms with Gasteiger partial charge >= 0.3 is 0 Å². The Labute approximate surface area is 152 Å². The minimum atomic E-state index is -3.07. The summed E-state index contributed by atoms with van der Waals surface area (Å²) in [5, 5.41) is 0. The van der Waals surface area contributed by atoms with Crippen LogP contribution in [0.1, 0.15) is 51.2 Å². The predicted octanol–water partition coefficient (Wildman–Crippen LogP) is 3.20. The molecule has 0 radical (unpaired) electrons. The van der Waals surface area contributed by atoms with Crippen molar-refractivity contribution in [2.45, 2.75) is 51.9 Å². The average molecular weight is 366 g/mol. The highest BCUT2D eigenvalue weighted by molar-refractivity contribution is 7.90. The zero-order valence-corrected chi connectivity index (χ0v) is 16.7. The van der Waals surface area contributed by atoms with Gasteiger partial charge in [0.1, 0.15) is 9.84 Å². The van der Waals surface area contributed by atoms with E-state index in [9.17, 15) is 13.2 Å². The van der Waals surface area contributed by atoms with Crippen molar-refractivity contribution >= 4 is 15.7 Å². The molecule has 0 bridgehead atoms. The Balaban J connectivity index is 1.81. The van der Waals surface area contributed by atoms with Crippen molar-refractivity contribution in [1.82, 2.24) is 4.90 Å². The van der Waals surface area contributed by atoms with Gasteiger partial charge in [0.05, 0.1) is 5.75 Å². The van der Waals surface area contributed by atoms with E-state index in [-0.39, 0.29) is 23.5 Å². The van der Waals surface area contributed by atoms with Crippen LogP contribution in [0.2, 0.25) is 0 Å². The van der Waals surface area contributed by atoms with E-state index in [1.54, 1.807) is 0 Å². The second kappa shape index (κ2) is 7.90. The largest absolute Gasteiger partial charge is 0.343 e. The smallest absolute Gasteiger partial charge is 0.223 e. The Morgan fingerprint density at radius 3 is 2.16 bits per heavy atom. The molecule has 1 amide bonds. The molecular formula is C20H31NO3S. The Bertz CT molecular complexity index is 679. The number of hydrogen-bond donors (Lipinski definition) is 0. The molecule has 0 spiro atoms. The van der Waals surface area contributed by atoms with E-state index in [1.165, 1.54) is 17.4 Å². The summed E-state index contributed by atoms with van der Waals surface area (Å²) in [6.07, 6.45) is 4.32. The summed E-state index contributed by atoms with van der Waals surface area (Å²) in [6, 6.07) is 8.90. The van der Waals surface area contributed by atoms with Gasteiger partial charge in [-0.25, -0.2) is 8.42 Å². The highest BCUT2D eigenvalue weighted by atomic mass is 32.2. The van der Waals surface area contributed by atoms with Crippen LogP contribution in [0.4, 0.5) is 0 Å². The predicted molar refractivity (Wildman–Crippen MR) is 102 cm³/mol. The number of benzene rings is 1. The van der Waals surface area contributed by atoms with Gasteiger partial charge in [-0.15, -0.1) is 0 Å². The highest BCUT2D eigenvalue weighted by Crippen LogP contribution is 2.25. The second-order valence-corrected chi connectivity index (χ2v) is 10.6. The average Bonchev–Trinajstić information content (AvgIpc) is 2.52. The molecule has 0 N–H and O–H groups in total. The van der Waals surface area contributed by atoms with Crippen molar-refractivity contribution in [2.24, 2.45) is 5.92 Å². The molecule has 5 heteroatoms. The molecule has 4 nitrogen and oxygen atoms in total. The lowest BCUT2D eigenvalue weighted by molar-refractivity contribution is -0.132. The molecule has 1 saturated heterocycles. The monoisotopic (exact) mass is 365 g/mol. The van der Waals surface area contributed by atoms with Gasteiger partial charge in [0.2, 0.25) is 5.91 Å². The van der Waals surface area contributed by atoms with Crippen molar-refractivity contribution in [3.8, 4) is 0 Å². The fourth-order valence-electron chi connectivity index (χ4n) is 3.29. The van der Waals surface area contributed by atoms with Gasteiger partial charge in [-0.05, 0) is 41.7 Å². The summed E-state index contributed by atoms with van der Waals surface area (Å²) in [6.45, 7) is 8.15. The van der Waals surface area contributed by atoms with Crippen LogP contribution in [0, 0.1) is 5.92 Å². The molecule has 0 unspecified atom stereocenters. The summed E-state index contributed by atoms with van der Waals surface area (Å²) >= 11 is 0. The first-order chi connectivity index (χ1) is 11.5. The van der Waals surface area contributed by atoms with E-state index < -0.39 is 9.84 Å². The van der Waals surface area contributed by atoms with Gasteiger partial charge in [-0.2, -0.15) is 0 Å². The molecule has 1 aliphatic rings. The van der Waals surface area contributed by atoms with E-state index in [2.05, 4.69) is 45.0 Å². The van der Waals surface area contributed by atoms with E-state index in [0.717, 1.165) is 32.4 Å². The Hall–Kier alpha value is -1.36. The fourth-order valence-corrected chi connectivity index (χ4v) is 3.84. The fraction of sp³-hybridized carbons (Fsp3) is 0.650. The maximum absolute atomic E-state index is 12.1. The van der Waals surface area contributed by atoms with Crippen molar-refractivity contribution < 1.29 is 13.2 Å². The van der Waals surface area contributed by atoms with Crippen LogP contribution >= 0.6 is 0 Å². The van der Waals surface area contributed by atoms with Crippen LogP contribution in [0.3, 0.4) is 0 Å². The van der Waals surface area contributed by atoms with Crippen LogP contribution in [-0.4, -0.2) is 44.3 Å². The van der Waals surface area contributed by atoms with Crippen molar-refractivity contribution in [3.63, 3.8) is 0 Å². The molecule has 1 aromatic carbocycles. The first-order valence-corrected chi connectivity index (χ1v) is 11.2. The number of amides is 1. The first-order valence-electron chi connectivity index (χ1n) is 9.09. The molecule has 0 aromatic heterocycles. The Kier molecular flexibility index (Phi) is 6.30. The van der Waals surface area contributed by atoms with Gasteiger partial charge in [0.25, 0.3) is 0 Å². The molecule has 1 heterocycles. The summed E-state index contributed by atoms with van der Waals surface area (Å²) in [4.78, 5) is 13.9. The quantitative estimate of drug-likeness (QED) is 0.805. The molecular weight excluding hydrogens is 334 g/mol. The Morgan fingerprint density at radius 2 is 1.68 bits per heavy atom. The van der Waals surface area contributed by atoms with Gasteiger partial charge in [-0.1, -0.05) is 45.0 Å². The zero-order valence-electron chi connectivity index (χ0n) is 15.9. The summed E-state index contributed by atoms with van der Waals surface area (Å²) in [7, 11) is -3.07. The zero-order chi connectivity index (χ0) is 18.7. The number of hydrogen-bond acceptors (Lipinski definition) is 3. The summed E-state index contributed by atoms with van der Waals surface area (Å²) in [5.41, 5.74) is 2.88. The van der Waals surface area contributed by atoms with Crippen LogP contribution in [-0.2, 0) is 26.5 Å². The minimum absolute atomic E-state index is 0.0293. The van der Waals surface area contributed by atoms with Crippen molar-refractivity contribution in [1.29, 1.82) is 0 Å². The highest BCUT2D eigenvalue weighted by Gasteiger charge is 2.23. The maximum atomic E-state index is 12.1. The molecule has 1 aliphatic heterocycles. The minimum Gasteiger partial charge on any atom is -0.343 e. The standard InChI is InChI=1S/C20H31NO3S/c1-20(2,3)18-7-5-16(6-8-18)15-17-9-12-21(13-10-17)19(22)11-14-25(4,23)24/h5-8,17H,9-15H2,1-4H3. The number of piperidine rings is 1. The molecule has 25 heavy (non-hydrogen) atoms.